The first-order valence-corrected chi connectivity index (χ1v) is 13.4. The number of carbonyl (C=O) groups is 3. The van der Waals surface area contributed by atoms with Gasteiger partial charge in [-0.15, -0.1) is 0 Å². The molecule has 0 radical (unpaired) electrons. The molecular weight excluding hydrogens is 528 g/mol. The van der Waals surface area contributed by atoms with E-state index in [0.29, 0.717) is 47.2 Å². The van der Waals surface area contributed by atoms with Gasteiger partial charge in [-0.1, -0.05) is 17.3 Å². The molecule has 216 valence electrons. The molecule has 3 N–H and O–H groups in total. The normalized spacial score (nSPS) is 12.2. The van der Waals surface area contributed by atoms with Crippen LogP contribution in [0.3, 0.4) is 0 Å². The van der Waals surface area contributed by atoms with Crippen LogP contribution in [0.15, 0.2) is 47.0 Å². The van der Waals surface area contributed by atoms with Gasteiger partial charge in [0.2, 0.25) is 5.95 Å². The van der Waals surface area contributed by atoms with Crippen molar-refractivity contribution in [1.82, 2.24) is 25.0 Å². The predicted octanol–water partition coefficient (Wildman–Crippen LogP) is 5.60. The van der Waals surface area contributed by atoms with Gasteiger partial charge in [-0.05, 0) is 84.2 Å². The second kappa shape index (κ2) is 12.2. The van der Waals surface area contributed by atoms with Crippen molar-refractivity contribution in [2.75, 3.05) is 11.9 Å². The summed E-state index contributed by atoms with van der Waals surface area (Å²) in [4.78, 5) is 45.7. The van der Waals surface area contributed by atoms with Crippen LogP contribution in [0.4, 0.5) is 10.7 Å². The van der Waals surface area contributed by atoms with Crippen molar-refractivity contribution in [2.24, 2.45) is 0 Å². The van der Waals surface area contributed by atoms with Crippen molar-refractivity contribution in [2.45, 2.75) is 65.5 Å². The summed E-state index contributed by atoms with van der Waals surface area (Å²) in [6.45, 7) is 9.64. The van der Waals surface area contributed by atoms with Crippen molar-refractivity contribution in [3.05, 3.63) is 59.4 Å². The SMILES string of the molecule is Cc1noc(-c2cccc3nc(NC(=O)c4cccc(C(=O)O)c4)n(C(C)CCCCNC(=O)OC(C)(C)C)c23)n1. The van der Waals surface area contributed by atoms with Crippen LogP contribution in [0, 0.1) is 6.92 Å². The molecule has 0 aliphatic rings. The number of aromatic nitrogens is 4. The number of unbranched alkanes of at least 4 members (excludes halogenated alkanes) is 1. The van der Waals surface area contributed by atoms with E-state index in [2.05, 4.69) is 20.8 Å². The number of hydrogen-bond donors (Lipinski definition) is 3. The third-order valence-corrected chi connectivity index (χ3v) is 6.22. The maximum Gasteiger partial charge on any atom is 0.407 e. The second-order valence-corrected chi connectivity index (χ2v) is 10.7. The van der Waals surface area contributed by atoms with E-state index in [9.17, 15) is 19.5 Å². The maximum absolute atomic E-state index is 13.2. The largest absolute Gasteiger partial charge is 0.478 e. The monoisotopic (exact) mass is 562 g/mol. The number of carboxylic acid groups (broad SMARTS) is 1. The van der Waals surface area contributed by atoms with Crippen LogP contribution in [-0.4, -0.2) is 54.9 Å². The van der Waals surface area contributed by atoms with Crippen molar-refractivity contribution in [3.8, 4) is 11.5 Å². The first-order valence-electron chi connectivity index (χ1n) is 13.4. The highest BCUT2D eigenvalue weighted by molar-refractivity contribution is 6.06. The Morgan fingerprint density at radius 1 is 1.07 bits per heavy atom. The predicted molar refractivity (Wildman–Crippen MR) is 152 cm³/mol. The fraction of sp³-hybridized carbons (Fsp3) is 0.379. The van der Waals surface area contributed by atoms with Crippen LogP contribution in [0.25, 0.3) is 22.5 Å². The Morgan fingerprint density at radius 2 is 1.80 bits per heavy atom. The van der Waals surface area contributed by atoms with E-state index in [1.807, 2.05) is 50.5 Å². The number of amides is 2. The standard InChI is InChI=1S/C29H34N6O6/c1-17(10-6-7-15-30-28(39)40-29(3,4)5)35-23-21(25-31-18(2)34-41-25)13-9-14-22(23)32-27(35)33-24(36)19-11-8-12-20(16-19)26(37)38/h8-9,11-14,16-17H,6-7,10,15H2,1-5H3,(H,30,39)(H,37,38)(H,32,33,36). The highest BCUT2D eigenvalue weighted by Crippen LogP contribution is 2.34. The first kappa shape index (κ1) is 29.2. The molecule has 12 heteroatoms. The van der Waals surface area contributed by atoms with E-state index >= 15 is 0 Å². The quantitative estimate of drug-likeness (QED) is 0.209. The zero-order valence-electron chi connectivity index (χ0n) is 23.7. The number of fused-ring (bicyclic) bond motifs is 1. The Labute approximate surface area is 237 Å². The van der Waals surface area contributed by atoms with E-state index in [-0.39, 0.29) is 17.2 Å². The molecule has 12 nitrogen and oxygen atoms in total. The number of alkyl carbamates (subject to hydrolysis) is 1. The molecule has 0 saturated carbocycles. The molecule has 4 rings (SSSR count). The van der Waals surface area contributed by atoms with E-state index in [1.165, 1.54) is 18.2 Å². The number of rotatable bonds is 10. The lowest BCUT2D eigenvalue weighted by Crippen LogP contribution is -2.33. The van der Waals surface area contributed by atoms with Gasteiger partial charge >= 0.3 is 12.1 Å². The number of para-hydroxylation sites is 1. The Bertz CT molecular complexity index is 1570. The molecule has 0 spiro atoms. The van der Waals surface area contributed by atoms with Gasteiger partial charge in [0.05, 0.1) is 22.2 Å². The molecule has 2 aromatic carbocycles. The van der Waals surface area contributed by atoms with Crippen LogP contribution < -0.4 is 10.6 Å². The highest BCUT2D eigenvalue weighted by atomic mass is 16.6. The summed E-state index contributed by atoms with van der Waals surface area (Å²) in [5, 5.41) is 18.9. The number of nitrogens with zero attached hydrogens (tertiary/aromatic N) is 4. The highest BCUT2D eigenvalue weighted by Gasteiger charge is 2.23. The van der Waals surface area contributed by atoms with Gasteiger partial charge in [-0.3, -0.25) is 10.1 Å². The topological polar surface area (TPSA) is 161 Å². The number of nitrogens with one attached hydrogen (secondary N) is 2. The number of benzene rings is 2. The van der Waals surface area contributed by atoms with Crippen LogP contribution in [0.5, 0.6) is 0 Å². The van der Waals surface area contributed by atoms with Crippen LogP contribution in [0.2, 0.25) is 0 Å². The Balaban J connectivity index is 1.60. The Morgan fingerprint density at radius 3 is 2.49 bits per heavy atom. The van der Waals surface area contributed by atoms with Gasteiger partial charge in [0.25, 0.3) is 11.8 Å². The van der Waals surface area contributed by atoms with Crippen molar-refractivity contribution in [3.63, 3.8) is 0 Å². The molecule has 1 unspecified atom stereocenters. The minimum absolute atomic E-state index is 0.00793. The van der Waals surface area contributed by atoms with Gasteiger partial charge in [0.15, 0.2) is 5.82 Å². The van der Waals surface area contributed by atoms with Crippen molar-refractivity contribution < 1.29 is 28.8 Å². The lowest BCUT2D eigenvalue weighted by Gasteiger charge is -2.20. The summed E-state index contributed by atoms with van der Waals surface area (Å²) in [7, 11) is 0. The van der Waals surface area contributed by atoms with Gasteiger partial charge < -0.3 is 24.3 Å². The Kier molecular flexibility index (Phi) is 8.70. The third-order valence-electron chi connectivity index (χ3n) is 6.22. The summed E-state index contributed by atoms with van der Waals surface area (Å²) in [6, 6.07) is 11.2. The number of imidazole rings is 1. The van der Waals surface area contributed by atoms with E-state index in [4.69, 9.17) is 14.2 Å². The van der Waals surface area contributed by atoms with Crippen LogP contribution in [-0.2, 0) is 4.74 Å². The molecule has 2 heterocycles. The van der Waals surface area contributed by atoms with Gasteiger partial charge in [-0.25, -0.2) is 14.6 Å². The summed E-state index contributed by atoms with van der Waals surface area (Å²) in [5.41, 5.74) is 1.63. The number of aromatic carboxylic acids is 1. The molecule has 0 fully saturated rings. The van der Waals surface area contributed by atoms with Gasteiger partial charge in [0.1, 0.15) is 5.60 Å². The number of carboxylic acids is 1. The van der Waals surface area contributed by atoms with Gasteiger partial charge in [0, 0.05) is 18.2 Å². The number of carbonyl (C=O) groups excluding carboxylic acids is 2. The lowest BCUT2D eigenvalue weighted by atomic mass is 10.1. The summed E-state index contributed by atoms with van der Waals surface area (Å²) < 4.78 is 12.7. The van der Waals surface area contributed by atoms with Crippen molar-refractivity contribution >= 4 is 35.0 Å². The van der Waals surface area contributed by atoms with Crippen molar-refractivity contribution in [1.29, 1.82) is 0 Å². The molecule has 0 aliphatic carbocycles. The fourth-order valence-corrected chi connectivity index (χ4v) is 4.41. The molecule has 0 aliphatic heterocycles. The number of hydrogen-bond acceptors (Lipinski definition) is 8. The van der Waals surface area contributed by atoms with E-state index in [1.54, 1.807) is 13.0 Å². The fourth-order valence-electron chi connectivity index (χ4n) is 4.41. The smallest absolute Gasteiger partial charge is 0.407 e. The minimum atomic E-state index is -1.12. The number of anilines is 1. The molecule has 41 heavy (non-hydrogen) atoms. The van der Waals surface area contributed by atoms with E-state index < -0.39 is 23.6 Å². The van der Waals surface area contributed by atoms with Crippen LogP contribution in [0.1, 0.15) is 79.5 Å². The summed E-state index contributed by atoms with van der Waals surface area (Å²) in [5.74, 6) is -0.501. The third kappa shape index (κ3) is 7.27. The molecule has 4 aromatic rings. The zero-order valence-corrected chi connectivity index (χ0v) is 23.7. The molecular formula is C29H34N6O6. The first-order chi connectivity index (χ1) is 19.4. The molecule has 2 aromatic heterocycles. The minimum Gasteiger partial charge on any atom is -0.478 e. The number of ether oxygens (including phenoxy) is 1. The average Bonchev–Trinajstić information content (AvgIpc) is 3.50. The maximum atomic E-state index is 13.2. The molecule has 2 amide bonds. The zero-order chi connectivity index (χ0) is 29.7. The lowest BCUT2D eigenvalue weighted by molar-refractivity contribution is 0.0526. The second-order valence-electron chi connectivity index (χ2n) is 10.7. The van der Waals surface area contributed by atoms with Crippen LogP contribution >= 0.6 is 0 Å². The molecule has 0 bridgehead atoms. The van der Waals surface area contributed by atoms with Gasteiger partial charge in [-0.2, -0.15) is 4.98 Å². The Hall–Kier alpha value is -4.74. The summed E-state index contributed by atoms with van der Waals surface area (Å²) in [6.07, 6.45) is 1.74. The molecule has 0 saturated heterocycles. The van der Waals surface area contributed by atoms with E-state index in [0.717, 1.165) is 12.8 Å². The number of aryl methyl sites for hydroxylation is 1. The average molecular weight is 563 g/mol. The summed E-state index contributed by atoms with van der Waals surface area (Å²) >= 11 is 0. The molecule has 1 atom stereocenters.